The molecule has 3 amide bonds. The number of nitrogens with zero attached hydrogens (tertiary/aromatic N) is 2. The Labute approximate surface area is 145 Å². The van der Waals surface area contributed by atoms with Crippen molar-refractivity contribution in [3.05, 3.63) is 59.9 Å². The van der Waals surface area contributed by atoms with Gasteiger partial charge in [0.15, 0.2) is 0 Å². The number of carbonyl (C=O) groups excluding carboxylic acids is 2. The Bertz CT molecular complexity index is 734. The molecular weight excluding hydrogens is 320 g/mol. The van der Waals surface area contributed by atoms with E-state index < -0.39 is 5.91 Å². The zero-order chi connectivity index (χ0) is 17.6. The van der Waals surface area contributed by atoms with E-state index in [9.17, 15) is 9.59 Å². The number of rotatable bonds is 3. The lowest BCUT2D eigenvalue weighted by Crippen LogP contribution is -2.36. The van der Waals surface area contributed by atoms with E-state index in [1.807, 2.05) is 30.3 Å². The van der Waals surface area contributed by atoms with Crippen molar-refractivity contribution in [1.29, 1.82) is 0 Å². The summed E-state index contributed by atoms with van der Waals surface area (Å²) in [6.07, 6.45) is 2.14. The second-order valence-electron chi connectivity index (χ2n) is 5.77. The topological polar surface area (TPSA) is 97.5 Å². The van der Waals surface area contributed by atoms with Gasteiger partial charge in [-0.1, -0.05) is 30.3 Å². The highest BCUT2D eigenvalue weighted by atomic mass is 16.5. The van der Waals surface area contributed by atoms with Crippen molar-refractivity contribution in [2.75, 3.05) is 25.0 Å². The molecule has 0 bridgehead atoms. The molecule has 1 atom stereocenters. The van der Waals surface area contributed by atoms with Crippen LogP contribution in [0.25, 0.3) is 0 Å². The van der Waals surface area contributed by atoms with Crippen molar-refractivity contribution in [3.8, 4) is 0 Å². The second-order valence-corrected chi connectivity index (χ2v) is 5.77. The zero-order valence-electron chi connectivity index (χ0n) is 13.7. The van der Waals surface area contributed by atoms with Crippen LogP contribution in [0.1, 0.15) is 28.6 Å². The van der Waals surface area contributed by atoms with Crippen LogP contribution in [-0.4, -0.2) is 41.5 Å². The van der Waals surface area contributed by atoms with E-state index in [2.05, 4.69) is 10.3 Å². The minimum absolute atomic E-state index is 0.00415. The predicted octanol–water partition coefficient (Wildman–Crippen LogP) is 2.18. The van der Waals surface area contributed by atoms with Crippen molar-refractivity contribution >= 4 is 17.6 Å². The van der Waals surface area contributed by atoms with Crippen molar-refractivity contribution in [3.63, 3.8) is 0 Å². The van der Waals surface area contributed by atoms with Crippen LogP contribution < -0.4 is 11.1 Å². The van der Waals surface area contributed by atoms with Gasteiger partial charge in [-0.05, 0) is 24.1 Å². The Morgan fingerprint density at radius 2 is 1.96 bits per heavy atom. The maximum absolute atomic E-state index is 12.4. The van der Waals surface area contributed by atoms with E-state index in [4.69, 9.17) is 10.5 Å². The third kappa shape index (κ3) is 4.33. The number of anilines is 1. The lowest BCUT2D eigenvalue weighted by atomic mass is 10.1. The van der Waals surface area contributed by atoms with Gasteiger partial charge < -0.3 is 20.7 Å². The Hall–Kier alpha value is -2.93. The monoisotopic (exact) mass is 340 g/mol. The largest absolute Gasteiger partial charge is 0.372 e. The molecule has 2 heterocycles. The molecule has 2 aromatic rings. The first-order chi connectivity index (χ1) is 12.1. The van der Waals surface area contributed by atoms with E-state index in [1.165, 1.54) is 12.3 Å². The number of hydrogen-bond donors (Lipinski definition) is 2. The van der Waals surface area contributed by atoms with Crippen LogP contribution in [0.3, 0.4) is 0 Å². The number of urea groups is 1. The van der Waals surface area contributed by atoms with Gasteiger partial charge in [-0.2, -0.15) is 0 Å². The molecule has 7 nitrogen and oxygen atoms in total. The van der Waals surface area contributed by atoms with Crippen LogP contribution in [0.2, 0.25) is 0 Å². The summed E-state index contributed by atoms with van der Waals surface area (Å²) in [6, 6.07) is 12.9. The lowest BCUT2D eigenvalue weighted by molar-refractivity contribution is 0.0627. The lowest BCUT2D eigenvalue weighted by Gasteiger charge is -2.20. The molecule has 1 aromatic heterocycles. The smallest absolute Gasteiger partial charge is 0.321 e. The highest BCUT2D eigenvalue weighted by molar-refractivity contribution is 5.92. The molecule has 1 unspecified atom stereocenters. The summed E-state index contributed by atoms with van der Waals surface area (Å²) >= 11 is 0. The van der Waals surface area contributed by atoms with Gasteiger partial charge in [0.2, 0.25) is 0 Å². The average molecular weight is 340 g/mol. The van der Waals surface area contributed by atoms with E-state index in [0.29, 0.717) is 25.4 Å². The van der Waals surface area contributed by atoms with Crippen molar-refractivity contribution < 1.29 is 14.3 Å². The first kappa shape index (κ1) is 16.9. The van der Waals surface area contributed by atoms with Crippen molar-refractivity contribution in [2.24, 2.45) is 5.73 Å². The predicted molar refractivity (Wildman–Crippen MR) is 93.1 cm³/mol. The fourth-order valence-corrected chi connectivity index (χ4v) is 2.72. The fourth-order valence-electron chi connectivity index (χ4n) is 2.72. The van der Waals surface area contributed by atoms with Gasteiger partial charge in [0.05, 0.1) is 24.6 Å². The SMILES string of the molecule is NC(=O)c1ccc(NC(=O)N2CCOC(c3ccccc3)CC2)cn1. The van der Waals surface area contributed by atoms with Crippen LogP contribution in [0.15, 0.2) is 48.7 Å². The summed E-state index contributed by atoms with van der Waals surface area (Å²) in [5, 5.41) is 2.78. The highest BCUT2D eigenvalue weighted by Gasteiger charge is 2.22. The molecule has 1 aliphatic rings. The highest BCUT2D eigenvalue weighted by Crippen LogP contribution is 2.23. The molecule has 25 heavy (non-hydrogen) atoms. The summed E-state index contributed by atoms with van der Waals surface area (Å²) in [5.41, 5.74) is 6.94. The Morgan fingerprint density at radius 1 is 1.16 bits per heavy atom. The van der Waals surface area contributed by atoms with Gasteiger partial charge in [0.25, 0.3) is 5.91 Å². The Kier molecular flexibility index (Phi) is 5.25. The van der Waals surface area contributed by atoms with Crippen LogP contribution in [-0.2, 0) is 4.74 Å². The Morgan fingerprint density at radius 3 is 2.64 bits per heavy atom. The minimum atomic E-state index is -0.602. The van der Waals surface area contributed by atoms with Crippen molar-refractivity contribution in [1.82, 2.24) is 9.88 Å². The van der Waals surface area contributed by atoms with E-state index in [0.717, 1.165) is 12.0 Å². The first-order valence-electron chi connectivity index (χ1n) is 8.12. The normalized spacial score (nSPS) is 17.6. The van der Waals surface area contributed by atoms with Gasteiger partial charge in [0.1, 0.15) is 5.69 Å². The van der Waals surface area contributed by atoms with Gasteiger partial charge in [-0.15, -0.1) is 0 Å². The van der Waals surface area contributed by atoms with Crippen LogP contribution in [0.5, 0.6) is 0 Å². The number of benzene rings is 1. The molecule has 1 aliphatic heterocycles. The number of ether oxygens (including phenoxy) is 1. The number of aromatic nitrogens is 1. The second kappa shape index (κ2) is 7.76. The maximum atomic E-state index is 12.4. The fraction of sp³-hybridized carbons (Fsp3) is 0.278. The number of hydrogen-bond acceptors (Lipinski definition) is 4. The summed E-state index contributed by atoms with van der Waals surface area (Å²) in [5.74, 6) is -0.602. The van der Waals surface area contributed by atoms with Crippen LogP contribution >= 0.6 is 0 Å². The third-order valence-corrected chi connectivity index (χ3v) is 4.07. The van der Waals surface area contributed by atoms with Gasteiger partial charge in [0, 0.05) is 13.1 Å². The Balaban J connectivity index is 1.58. The molecular formula is C18H20N4O3. The number of pyridine rings is 1. The van der Waals surface area contributed by atoms with Crippen LogP contribution in [0.4, 0.5) is 10.5 Å². The molecule has 1 aromatic carbocycles. The number of amides is 3. The van der Waals surface area contributed by atoms with E-state index in [1.54, 1.807) is 11.0 Å². The average Bonchev–Trinajstić information content (AvgIpc) is 2.89. The molecule has 3 N–H and O–H groups in total. The minimum Gasteiger partial charge on any atom is -0.372 e. The molecule has 3 rings (SSSR count). The standard InChI is InChI=1S/C18H20N4O3/c19-17(23)15-7-6-14(12-20-15)21-18(24)22-9-8-16(25-11-10-22)13-4-2-1-3-5-13/h1-7,12,16H,8-11H2,(H2,19,23)(H,21,24). The zero-order valence-corrected chi connectivity index (χ0v) is 13.7. The van der Waals surface area contributed by atoms with Crippen LogP contribution in [0, 0.1) is 0 Å². The number of nitrogens with two attached hydrogens (primary N) is 1. The number of nitrogens with one attached hydrogen (secondary N) is 1. The van der Waals surface area contributed by atoms with Gasteiger partial charge in [-0.3, -0.25) is 4.79 Å². The molecule has 1 saturated heterocycles. The molecule has 130 valence electrons. The first-order valence-corrected chi connectivity index (χ1v) is 8.12. The van der Waals surface area contributed by atoms with E-state index in [-0.39, 0.29) is 17.8 Å². The molecule has 1 fully saturated rings. The third-order valence-electron chi connectivity index (χ3n) is 4.07. The molecule has 0 aliphatic carbocycles. The summed E-state index contributed by atoms with van der Waals surface area (Å²) in [4.78, 5) is 29.1. The number of carbonyl (C=O) groups is 2. The van der Waals surface area contributed by atoms with Gasteiger partial charge >= 0.3 is 6.03 Å². The summed E-state index contributed by atoms with van der Waals surface area (Å²) in [6.45, 7) is 1.59. The number of primary amides is 1. The summed E-state index contributed by atoms with van der Waals surface area (Å²) < 4.78 is 5.88. The quantitative estimate of drug-likeness (QED) is 0.895. The summed E-state index contributed by atoms with van der Waals surface area (Å²) in [7, 11) is 0. The van der Waals surface area contributed by atoms with E-state index >= 15 is 0 Å². The molecule has 0 saturated carbocycles. The maximum Gasteiger partial charge on any atom is 0.321 e. The van der Waals surface area contributed by atoms with Gasteiger partial charge in [-0.25, -0.2) is 9.78 Å². The van der Waals surface area contributed by atoms with Crippen molar-refractivity contribution in [2.45, 2.75) is 12.5 Å². The molecule has 0 radical (unpaired) electrons. The molecule has 0 spiro atoms. The molecule has 7 heteroatoms.